The van der Waals surface area contributed by atoms with E-state index in [1.54, 1.807) is 6.07 Å². The molecule has 1 saturated heterocycles. The predicted molar refractivity (Wildman–Crippen MR) is 43.4 cm³/mol. The molecule has 1 aliphatic rings. The number of carbonyl (C=O) groups is 1. The number of benzene rings is 1. The van der Waals surface area contributed by atoms with Gasteiger partial charge in [0, 0.05) is 0 Å². The highest BCUT2D eigenvalue weighted by atomic mass is 19.1. The van der Waals surface area contributed by atoms with Crippen LogP contribution >= 0.6 is 0 Å². The molecular formula is C8H7FN2O2. The molecule has 0 amide bonds. The minimum Gasteiger partial charge on any atom is -0.479 e. The molecule has 0 radical (unpaired) electrons. The van der Waals surface area contributed by atoms with Crippen molar-refractivity contribution >= 4 is 11.7 Å². The van der Waals surface area contributed by atoms with Crippen LogP contribution in [0.15, 0.2) is 24.3 Å². The number of aliphatic carboxylic acids is 1. The van der Waals surface area contributed by atoms with E-state index in [1.165, 1.54) is 23.2 Å². The fourth-order valence-electron chi connectivity index (χ4n) is 1.11. The van der Waals surface area contributed by atoms with Gasteiger partial charge >= 0.3 is 5.97 Å². The number of carboxylic acids is 1. The van der Waals surface area contributed by atoms with Crippen molar-refractivity contribution in [1.29, 1.82) is 0 Å². The van der Waals surface area contributed by atoms with E-state index in [-0.39, 0.29) is 5.82 Å². The van der Waals surface area contributed by atoms with E-state index < -0.39 is 12.1 Å². The molecule has 2 rings (SSSR count). The Kier molecular flexibility index (Phi) is 1.66. The summed E-state index contributed by atoms with van der Waals surface area (Å²) in [6.45, 7) is 0. The van der Waals surface area contributed by atoms with Gasteiger partial charge in [-0.25, -0.2) is 9.18 Å². The van der Waals surface area contributed by atoms with E-state index in [4.69, 9.17) is 5.11 Å². The van der Waals surface area contributed by atoms with E-state index in [0.717, 1.165) is 0 Å². The molecule has 0 aromatic heterocycles. The molecule has 1 aromatic rings. The first kappa shape index (κ1) is 8.00. The largest absolute Gasteiger partial charge is 0.479 e. The molecule has 68 valence electrons. The van der Waals surface area contributed by atoms with Gasteiger partial charge in [-0.15, -0.1) is 0 Å². The summed E-state index contributed by atoms with van der Waals surface area (Å²) in [5, 5.41) is 9.94. The molecule has 5 heteroatoms. The Hall–Kier alpha value is -1.62. The molecule has 1 atom stereocenters. The first-order valence-electron chi connectivity index (χ1n) is 3.72. The molecule has 1 heterocycles. The van der Waals surface area contributed by atoms with Crippen LogP contribution in [0.5, 0.6) is 0 Å². The van der Waals surface area contributed by atoms with Crippen LogP contribution in [0.4, 0.5) is 10.1 Å². The molecule has 1 aromatic carbocycles. The maximum atomic E-state index is 12.7. The monoisotopic (exact) mass is 182 g/mol. The second-order valence-corrected chi connectivity index (χ2v) is 2.72. The summed E-state index contributed by atoms with van der Waals surface area (Å²) in [6.07, 6.45) is -0.721. The van der Waals surface area contributed by atoms with Crippen LogP contribution in [0.2, 0.25) is 0 Å². The number of hydrazine groups is 1. The van der Waals surface area contributed by atoms with Gasteiger partial charge in [-0.2, -0.15) is 5.43 Å². The SMILES string of the molecule is O=C(O)C1NN1c1cccc(F)c1. The van der Waals surface area contributed by atoms with Crippen molar-refractivity contribution in [2.45, 2.75) is 6.17 Å². The van der Waals surface area contributed by atoms with Gasteiger partial charge in [0.05, 0.1) is 5.69 Å². The van der Waals surface area contributed by atoms with E-state index in [9.17, 15) is 9.18 Å². The van der Waals surface area contributed by atoms with Crippen LogP contribution in [0.3, 0.4) is 0 Å². The lowest BCUT2D eigenvalue weighted by Gasteiger charge is -1.99. The van der Waals surface area contributed by atoms with Gasteiger partial charge in [0.1, 0.15) is 5.82 Å². The lowest BCUT2D eigenvalue weighted by molar-refractivity contribution is -0.136. The van der Waals surface area contributed by atoms with Gasteiger partial charge in [0.2, 0.25) is 6.17 Å². The number of anilines is 1. The Balaban J connectivity index is 2.16. The van der Waals surface area contributed by atoms with Crippen molar-refractivity contribution in [2.24, 2.45) is 0 Å². The number of carboxylic acid groups (broad SMARTS) is 1. The lowest BCUT2D eigenvalue weighted by Crippen LogP contribution is -2.10. The molecular weight excluding hydrogens is 175 g/mol. The van der Waals surface area contributed by atoms with E-state index >= 15 is 0 Å². The normalized spacial score (nSPS) is 20.1. The quantitative estimate of drug-likeness (QED) is 0.656. The summed E-state index contributed by atoms with van der Waals surface area (Å²) in [4.78, 5) is 10.4. The molecule has 0 bridgehead atoms. The maximum absolute atomic E-state index is 12.7. The molecule has 0 aliphatic carbocycles. The van der Waals surface area contributed by atoms with E-state index in [0.29, 0.717) is 5.69 Å². The summed E-state index contributed by atoms with van der Waals surface area (Å²) < 4.78 is 12.7. The van der Waals surface area contributed by atoms with Crippen LogP contribution in [-0.2, 0) is 4.79 Å². The minimum absolute atomic E-state index is 0.379. The van der Waals surface area contributed by atoms with Crippen LogP contribution in [-0.4, -0.2) is 17.2 Å². The Morgan fingerprint density at radius 2 is 2.38 bits per heavy atom. The van der Waals surface area contributed by atoms with Gasteiger partial charge in [0.15, 0.2) is 0 Å². The Bertz CT molecular complexity index is 356. The van der Waals surface area contributed by atoms with Crippen molar-refractivity contribution in [2.75, 3.05) is 5.01 Å². The maximum Gasteiger partial charge on any atom is 0.344 e. The highest BCUT2D eigenvalue weighted by molar-refractivity contribution is 5.82. The summed E-state index contributed by atoms with van der Waals surface area (Å²) in [6, 6.07) is 5.75. The first-order chi connectivity index (χ1) is 6.18. The molecule has 2 N–H and O–H groups in total. The zero-order chi connectivity index (χ0) is 9.42. The molecule has 1 fully saturated rings. The fraction of sp³-hybridized carbons (Fsp3) is 0.125. The summed E-state index contributed by atoms with van der Waals surface area (Å²) >= 11 is 0. The second-order valence-electron chi connectivity index (χ2n) is 2.72. The molecule has 0 saturated carbocycles. The lowest BCUT2D eigenvalue weighted by atomic mass is 10.3. The molecule has 13 heavy (non-hydrogen) atoms. The number of hydrogen-bond acceptors (Lipinski definition) is 3. The van der Waals surface area contributed by atoms with Crippen LogP contribution < -0.4 is 10.4 Å². The summed E-state index contributed by atoms with van der Waals surface area (Å²) in [5.74, 6) is -1.35. The van der Waals surface area contributed by atoms with Gasteiger partial charge < -0.3 is 5.11 Å². The highest BCUT2D eigenvalue weighted by Crippen LogP contribution is 2.22. The van der Waals surface area contributed by atoms with Gasteiger partial charge in [-0.3, -0.25) is 5.01 Å². The van der Waals surface area contributed by atoms with E-state index in [1.807, 2.05) is 0 Å². The van der Waals surface area contributed by atoms with Gasteiger partial charge in [-0.05, 0) is 18.2 Å². The van der Waals surface area contributed by atoms with E-state index in [2.05, 4.69) is 5.43 Å². The van der Waals surface area contributed by atoms with Crippen molar-refractivity contribution in [1.82, 2.24) is 5.43 Å². The van der Waals surface area contributed by atoms with Crippen LogP contribution in [0, 0.1) is 5.82 Å². The predicted octanol–water partition coefficient (Wildman–Crippen LogP) is 0.561. The highest BCUT2D eigenvalue weighted by Gasteiger charge is 2.40. The van der Waals surface area contributed by atoms with Crippen molar-refractivity contribution in [3.8, 4) is 0 Å². The number of nitrogens with zero attached hydrogens (tertiary/aromatic N) is 1. The molecule has 0 spiro atoms. The topological polar surface area (TPSA) is 62.2 Å². The zero-order valence-corrected chi connectivity index (χ0v) is 6.57. The third-order valence-corrected chi connectivity index (χ3v) is 1.77. The Morgan fingerprint density at radius 1 is 1.62 bits per heavy atom. The van der Waals surface area contributed by atoms with Gasteiger partial charge in [-0.1, -0.05) is 6.07 Å². The standard InChI is InChI=1S/C8H7FN2O2/c9-5-2-1-3-6(4-5)11-7(10-11)8(12)13/h1-4,7,10H,(H,12,13). The third-order valence-electron chi connectivity index (χ3n) is 1.77. The summed E-state index contributed by atoms with van der Waals surface area (Å²) in [7, 11) is 0. The second kappa shape index (κ2) is 2.70. The average Bonchev–Trinajstić information content (AvgIpc) is 2.82. The number of halogens is 1. The Morgan fingerprint density at radius 3 is 2.92 bits per heavy atom. The number of nitrogens with one attached hydrogen (secondary N) is 1. The first-order valence-corrected chi connectivity index (χ1v) is 3.72. The zero-order valence-electron chi connectivity index (χ0n) is 6.57. The third kappa shape index (κ3) is 1.46. The van der Waals surface area contributed by atoms with Crippen LogP contribution in [0.1, 0.15) is 0 Å². The van der Waals surface area contributed by atoms with Crippen molar-refractivity contribution < 1.29 is 14.3 Å². The smallest absolute Gasteiger partial charge is 0.344 e. The number of hydrogen-bond donors (Lipinski definition) is 2. The average molecular weight is 182 g/mol. The van der Waals surface area contributed by atoms with Crippen LogP contribution in [0.25, 0.3) is 0 Å². The van der Waals surface area contributed by atoms with Crippen molar-refractivity contribution in [3.05, 3.63) is 30.1 Å². The fourth-order valence-corrected chi connectivity index (χ4v) is 1.11. The minimum atomic E-state index is -0.968. The molecule has 1 unspecified atom stereocenters. The summed E-state index contributed by atoms with van der Waals surface area (Å²) in [5.41, 5.74) is 3.10. The number of rotatable bonds is 2. The van der Waals surface area contributed by atoms with Gasteiger partial charge in [0.25, 0.3) is 0 Å². The van der Waals surface area contributed by atoms with Crippen molar-refractivity contribution in [3.63, 3.8) is 0 Å². The molecule has 4 nitrogen and oxygen atoms in total. The molecule has 1 aliphatic heterocycles. The Labute approximate surface area is 73.6 Å².